The highest BCUT2D eigenvalue weighted by Crippen LogP contribution is 2.23. The van der Waals surface area contributed by atoms with E-state index < -0.39 is 0 Å². The molecular weight excluding hydrogens is 194 g/mol. The van der Waals surface area contributed by atoms with E-state index in [2.05, 4.69) is 18.0 Å². The second-order valence-electron chi connectivity index (χ2n) is 2.98. The zero-order valence-corrected chi connectivity index (χ0v) is 8.71. The fourth-order valence-corrected chi connectivity index (χ4v) is 2.02. The van der Waals surface area contributed by atoms with Crippen LogP contribution < -0.4 is 0 Å². The first kappa shape index (κ1) is 9.34. The van der Waals surface area contributed by atoms with E-state index in [0.717, 1.165) is 21.6 Å². The summed E-state index contributed by atoms with van der Waals surface area (Å²) >= 11 is 1.75. The van der Waals surface area contributed by atoms with Crippen molar-refractivity contribution in [2.45, 2.75) is 11.8 Å². The van der Waals surface area contributed by atoms with Crippen molar-refractivity contribution in [1.82, 2.24) is 4.98 Å². The summed E-state index contributed by atoms with van der Waals surface area (Å²) in [7, 11) is 0. The van der Waals surface area contributed by atoms with Crippen LogP contribution in [-0.4, -0.2) is 15.8 Å². The SMILES string of the molecule is CCSc1cnc2ccc(O)cc2c1. The molecule has 72 valence electrons. The van der Waals surface area contributed by atoms with Gasteiger partial charge in [-0.3, -0.25) is 4.98 Å². The highest BCUT2D eigenvalue weighted by molar-refractivity contribution is 7.99. The van der Waals surface area contributed by atoms with E-state index in [1.54, 1.807) is 23.9 Å². The number of nitrogens with zero attached hydrogens (tertiary/aromatic N) is 1. The molecule has 0 atom stereocenters. The number of rotatable bonds is 2. The summed E-state index contributed by atoms with van der Waals surface area (Å²) in [6.07, 6.45) is 1.87. The zero-order chi connectivity index (χ0) is 9.97. The molecule has 0 radical (unpaired) electrons. The molecule has 1 N–H and O–H groups in total. The molecule has 0 unspecified atom stereocenters. The molecule has 14 heavy (non-hydrogen) atoms. The van der Waals surface area contributed by atoms with Gasteiger partial charge in [-0.1, -0.05) is 6.92 Å². The van der Waals surface area contributed by atoms with Crippen LogP contribution in [-0.2, 0) is 0 Å². The largest absolute Gasteiger partial charge is 0.508 e. The van der Waals surface area contributed by atoms with E-state index in [-0.39, 0.29) is 5.75 Å². The number of benzene rings is 1. The molecule has 2 nitrogen and oxygen atoms in total. The van der Waals surface area contributed by atoms with Gasteiger partial charge in [0.2, 0.25) is 0 Å². The molecular formula is C11H11NOS. The fourth-order valence-electron chi connectivity index (χ4n) is 1.34. The van der Waals surface area contributed by atoms with Gasteiger partial charge >= 0.3 is 0 Å². The molecule has 0 aliphatic carbocycles. The number of aromatic hydroxyl groups is 1. The minimum absolute atomic E-state index is 0.290. The third-order valence-corrected chi connectivity index (χ3v) is 2.80. The molecule has 3 heteroatoms. The van der Waals surface area contributed by atoms with Crippen LogP contribution in [0.2, 0.25) is 0 Å². The van der Waals surface area contributed by atoms with Gasteiger partial charge < -0.3 is 5.11 Å². The van der Waals surface area contributed by atoms with Gasteiger partial charge in [0.15, 0.2) is 0 Å². The van der Waals surface area contributed by atoms with Crippen LogP contribution in [0.15, 0.2) is 35.4 Å². The van der Waals surface area contributed by atoms with Crippen LogP contribution in [0.3, 0.4) is 0 Å². The predicted octanol–water partition coefficient (Wildman–Crippen LogP) is 3.05. The molecule has 0 bridgehead atoms. The van der Waals surface area contributed by atoms with Gasteiger partial charge in [0, 0.05) is 16.5 Å². The van der Waals surface area contributed by atoms with Crippen molar-refractivity contribution >= 4 is 22.7 Å². The number of aromatic nitrogens is 1. The molecule has 0 aliphatic heterocycles. The summed E-state index contributed by atoms with van der Waals surface area (Å²) in [6, 6.07) is 7.27. The van der Waals surface area contributed by atoms with Crippen molar-refractivity contribution in [2.75, 3.05) is 5.75 Å². The van der Waals surface area contributed by atoms with Crippen LogP contribution >= 0.6 is 11.8 Å². The maximum atomic E-state index is 9.32. The average molecular weight is 205 g/mol. The van der Waals surface area contributed by atoms with Crippen LogP contribution in [0, 0.1) is 0 Å². The van der Waals surface area contributed by atoms with Crippen LogP contribution in [0.25, 0.3) is 10.9 Å². The lowest BCUT2D eigenvalue weighted by Crippen LogP contribution is -1.80. The summed E-state index contributed by atoms with van der Waals surface area (Å²) in [4.78, 5) is 5.45. The van der Waals surface area contributed by atoms with Crippen molar-refractivity contribution in [2.24, 2.45) is 0 Å². The Kier molecular flexibility index (Phi) is 2.59. The number of pyridine rings is 1. The number of hydrogen-bond donors (Lipinski definition) is 1. The van der Waals surface area contributed by atoms with Crippen molar-refractivity contribution in [3.8, 4) is 5.75 Å². The third-order valence-electron chi connectivity index (χ3n) is 1.95. The fraction of sp³-hybridized carbons (Fsp3) is 0.182. The Morgan fingerprint density at radius 3 is 3.00 bits per heavy atom. The highest BCUT2D eigenvalue weighted by atomic mass is 32.2. The van der Waals surface area contributed by atoms with Gasteiger partial charge in [-0.2, -0.15) is 0 Å². The van der Waals surface area contributed by atoms with Gasteiger partial charge in [0.1, 0.15) is 5.75 Å². The van der Waals surface area contributed by atoms with Gasteiger partial charge in [0.25, 0.3) is 0 Å². The lowest BCUT2D eigenvalue weighted by Gasteiger charge is -2.01. The lowest BCUT2D eigenvalue weighted by molar-refractivity contribution is 0.476. The number of thioether (sulfide) groups is 1. The molecule has 2 aromatic rings. The summed E-state index contributed by atoms with van der Waals surface area (Å²) in [5, 5.41) is 10.3. The molecule has 0 fully saturated rings. The summed E-state index contributed by atoms with van der Waals surface area (Å²) < 4.78 is 0. The van der Waals surface area contributed by atoms with Gasteiger partial charge in [-0.25, -0.2) is 0 Å². The Morgan fingerprint density at radius 1 is 1.36 bits per heavy atom. The van der Waals surface area contributed by atoms with Gasteiger partial charge in [-0.05, 0) is 30.0 Å². The number of fused-ring (bicyclic) bond motifs is 1. The molecule has 1 aromatic heterocycles. The number of hydrogen-bond acceptors (Lipinski definition) is 3. The first-order valence-electron chi connectivity index (χ1n) is 4.51. The van der Waals surface area contributed by atoms with E-state index in [9.17, 15) is 5.11 Å². The summed E-state index contributed by atoms with van der Waals surface area (Å²) in [6.45, 7) is 2.11. The van der Waals surface area contributed by atoms with Gasteiger partial charge in [0.05, 0.1) is 5.52 Å². The first-order chi connectivity index (χ1) is 6.79. The van der Waals surface area contributed by atoms with Crippen LogP contribution in [0.5, 0.6) is 5.75 Å². The maximum absolute atomic E-state index is 9.32. The second kappa shape index (κ2) is 3.88. The van der Waals surface area contributed by atoms with Gasteiger partial charge in [-0.15, -0.1) is 11.8 Å². The molecule has 1 aromatic carbocycles. The first-order valence-corrected chi connectivity index (χ1v) is 5.49. The van der Waals surface area contributed by atoms with E-state index in [1.807, 2.05) is 12.3 Å². The quantitative estimate of drug-likeness (QED) is 0.765. The Morgan fingerprint density at radius 2 is 2.21 bits per heavy atom. The molecule has 0 saturated carbocycles. The van der Waals surface area contributed by atoms with Crippen LogP contribution in [0.1, 0.15) is 6.92 Å². The van der Waals surface area contributed by atoms with E-state index in [1.165, 1.54) is 0 Å². The molecule has 0 spiro atoms. The van der Waals surface area contributed by atoms with Crippen molar-refractivity contribution < 1.29 is 5.11 Å². The minimum Gasteiger partial charge on any atom is -0.508 e. The Labute approximate surface area is 87.0 Å². The Balaban J connectivity index is 2.52. The van der Waals surface area contributed by atoms with E-state index >= 15 is 0 Å². The zero-order valence-electron chi connectivity index (χ0n) is 7.90. The molecule has 0 amide bonds. The molecule has 0 saturated heterocycles. The lowest BCUT2D eigenvalue weighted by atomic mass is 10.2. The standard InChI is InChI=1S/C11H11NOS/c1-2-14-10-6-8-5-9(13)3-4-11(8)12-7-10/h3-7,13H,2H2,1H3. The highest BCUT2D eigenvalue weighted by Gasteiger charge is 1.98. The van der Waals surface area contributed by atoms with Crippen molar-refractivity contribution in [1.29, 1.82) is 0 Å². The second-order valence-corrected chi connectivity index (χ2v) is 4.32. The maximum Gasteiger partial charge on any atom is 0.116 e. The summed E-state index contributed by atoms with van der Waals surface area (Å²) in [5.74, 6) is 1.32. The van der Waals surface area contributed by atoms with Crippen LogP contribution in [0.4, 0.5) is 0 Å². The minimum atomic E-state index is 0.290. The van der Waals surface area contributed by atoms with Crippen molar-refractivity contribution in [3.05, 3.63) is 30.5 Å². The molecule has 1 heterocycles. The number of phenols is 1. The van der Waals surface area contributed by atoms with E-state index in [4.69, 9.17) is 0 Å². The number of phenolic OH excluding ortho intramolecular Hbond substituents is 1. The topological polar surface area (TPSA) is 33.1 Å². The monoisotopic (exact) mass is 205 g/mol. The predicted molar refractivity (Wildman–Crippen MR) is 59.8 cm³/mol. The molecule has 0 aliphatic rings. The smallest absolute Gasteiger partial charge is 0.116 e. The Hall–Kier alpha value is -1.22. The average Bonchev–Trinajstić information content (AvgIpc) is 2.17. The third kappa shape index (κ3) is 1.82. The summed E-state index contributed by atoms with van der Waals surface area (Å²) in [5.41, 5.74) is 0.920. The van der Waals surface area contributed by atoms with Crippen molar-refractivity contribution in [3.63, 3.8) is 0 Å². The normalized spacial score (nSPS) is 10.6. The Bertz CT molecular complexity index is 456. The molecule has 2 rings (SSSR count). The van der Waals surface area contributed by atoms with E-state index in [0.29, 0.717) is 0 Å².